The molecule has 0 atom stereocenters. The predicted octanol–water partition coefficient (Wildman–Crippen LogP) is 7.26. The zero-order chi connectivity index (χ0) is 38.4. The van der Waals surface area contributed by atoms with Crippen molar-refractivity contribution in [3.05, 3.63) is 36.4 Å². The van der Waals surface area contributed by atoms with Gasteiger partial charge >= 0.3 is 54.9 Å². The van der Waals surface area contributed by atoms with Crippen molar-refractivity contribution in [2.24, 2.45) is 0 Å². The smallest absolute Gasteiger partial charge is 0.449 e. The van der Waals surface area contributed by atoms with E-state index in [1.165, 1.54) is 13.0 Å². The summed E-state index contributed by atoms with van der Waals surface area (Å²) in [7, 11) is 0. The molecule has 0 aromatic heterocycles. The van der Waals surface area contributed by atoms with Crippen molar-refractivity contribution < 1.29 is 96.2 Å². The van der Waals surface area contributed by atoms with Crippen molar-refractivity contribution in [2.45, 2.75) is 76.7 Å². The quantitative estimate of drug-likeness (QED) is 0.0326. The van der Waals surface area contributed by atoms with Crippen LogP contribution in [0, 0.1) is 6.92 Å². The number of benzene rings is 1. The second-order valence-electron chi connectivity index (χ2n) is 9.54. The number of ether oxygens (including phenoxy) is 7. The highest BCUT2D eigenvalue weighted by molar-refractivity contribution is 5.89. The molecule has 2 amide bonds. The van der Waals surface area contributed by atoms with Gasteiger partial charge in [0.15, 0.2) is 6.61 Å². The maximum absolute atomic E-state index is 13.8. The average molecular weight is 749 g/mol. The second kappa shape index (κ2) is 18.6. The number of amides is 2. The first-order chi connectivity index (χ1) is 22.9. The van der Waals surface area contributed by atoms with E-state index < -0.39 is 74.7 Å². The average Bonchev–Trinajstić information content (AvgIpc) is 2.97. The molecule has 0 aliphatic rings. The van der Waals surface area contributed by atoms with E-state index in [0.717, 1.165) is 18.2 Å². The van der Waals surface area contributed by atoms with E-state index in [-0.39, 0.29) is 24.4 Å². The minimum atomic E-state index is -6.68. The molecule has 0 fully saturated rings. The first-order valence-electron chi connectivity index (χ1n) is 13.9. The summed E-state index contributed by atoms with van der Waals surface area (Å²) in [4.78, 5) is 46.4. The van der Waals surface area contributed by atoms with Gasteiger partial charge in [0.2, 0.25) is 6.79 Å². The van der Waals surface area contributed by atoms with Gasteiger partial charge in [-0.1, -0.05) is 19.6 Å². The number of unbranched alkanes of at least 4 members (excludes halogenated alkanes) is 2. The lowest BCUT2D eigenvalue weighted by Crippen LogP contribution is -2.53. The summed E-state index contributed by atoms with van der Waals surface area (Å²) in [5, 5.41) is 4.16. The summed E-state index contributed by atoms with van der Waals surface area (Å²) in [6, 6.07) is 3.53. The van der Waals surface area contributed by atoms with Crippen molar-refractivity contribution in [3.8, 4) is 0 Å². The minimum Gasteiger partial charge on any atom is -0.449 e. The molecule has 0 saturated heterocycles. The molecule has 1 aromatic carbocycles. The summed E-state index contributed by atoms with van der Waals surface area (Å²) in [6.45, 7) is 2.03. The molecular formula is C27H30F10N2O11. The third kappa shape index (κ3) is 16.3. The minimum absolute atomic E-state index is 0.0104. The Bertz CT molecular complexity index is 1330. The number of nitrogens with one attached hydrogen (secondary N) is 2. The third-order valence-electron chi connectivity index (χ3n) is 5.48. The van der Waals surface area contributed by atoms with Crippen molar-refractivity contribution in [2.75, 3.05) is 30.6 Å². The molecule has 50 heavy (non-hydrogen) atoms. The van der Waals surface area contributed by atoms with Crippen LogP contribution in [-0.4, -0.2) is 74.9 Å². The normalized spacial score (nSPS) is 12.5. The molecule has 0 aliphatic carbocycles. The first kappa shape index (κ1) is 43.6. The van der Waals surface area contributed by atoms with Crippen molar-refractivity contribution in [3.63, 3.8) is 0 Å². The molecule has 23 heteroatoms. The van der Waals surface area contributed by atoms with E-state index in [1.54, 1.807) is 0 Å². The standard InChI is InChI=1S/C27H30F10N2O11/c1-4-19(40)46-15-47-20(41)9-7-6-8-12-44-22(43)39-18-13-17(11-10-16(18)3)38-21(42)45-14-24(30,31)48-25(32,33)26(34,35)50-27(36,37)49-23(28,29)5-2/h4,10-11,13H,1,5-9,12,14-15H2,2-3H3,(H,38,42)(H,39,43). The first-order valence-corrected chi connectivity index (χ1v) is 13.9. The lowest BCUT2D eigenvalue weighted by atomic mass is 10.2. The fourth-order valence-corrected chi connectivity index (χ4v) is 3.03. The van der Waals surface area contributed by atoms with Crippen molar-refractivity contribution in [1.82, 2.24) is 0 Å². The third-order valence-corrected chi connectivity index (χ3v) is 5.48. The number of hydrogen-bond acceptors (Lipinski definition) is 11. The van der Waals surface area contributed by atoms with Crippen LogP contribution in [0.25, 0.3) is 0 Å². The molecule has 0 saturated carbocycles. The summed E-state index contributed by atoms with van der Waals surface area (Å²) < 4.78 is 160. The molecule has 1 rings (SSSR count). The summed E-state index contributed by atoms with van der Waals surface area (Å²) in [5.74, 6) is -1.41. The number of carbonyl (C=O) groups excluding carboxylic acids is 4. The van der Waals surface area contributed by atoms with Crippen molar-refractivity contribution >= 4 is 35.5 Å². The van der Waals surface area contributed by atoms with Gasteiger partial charge in [0.25, 0.3) is 0 Å². The van der Waals surface area contributed by atoms with Crippen LogP contribution >= 0.6 is 0 Å². The molecule has 0 aliphatic heterocycles. The van der Waals surface area contributed by atoms with E-state index in [0.29, 0.717) is 31.7 Å². The van der Waals surface area contributed by atoms with E-state index in [9.17, 15) is 63.1 Å². The van der Waals surface area contributed by atoms with Gasteiger partial charge < -0.3 is 18.9 Å². The summed E-state index contributed by atoms with van der Waals surface area (Å²) >= 11 is 0. The Morgan fingerprint density at radius 1 is 0.760 bits per heavy atom. The van der Waals surface area contributed by atoms with Gasteiger partial charge in [-0.3, -0.25) is 15.4 Å². The van der Waals surface area contributed by atoms with Gasteiger partial charge in [-0.25, -0.2) is 28.6 Å². The fourth-order valence-electron chi connectivity index (χ4n) is 3.03. The van der Waals surface area contributed by atoms with Gasteiger partial charge in [-0.05, 0) is 43.9 Å². The monoisotopic (exact) mass is 748 g/mol. The number of halogens is 10. The summed E-state index contributed by atoms with van der Waals surface area (Å²) in [6.07, 6.45) is -32.1. The molecule has 1 aromatic rings. The second-order valence-corrected chi connectivity index (χ2v) is 9.54. The number of esters is 2. The predicted molar refractivity (Wildman–Crippen MR) is 145 cm³/mol. The highest BCUT2D eigenvalue weighted by Crippen LogP contribution is 2.44. The lowest BCUT2D eigenvalue weighted by Gasteiger charge is -2.31. The van der Waals surface area contributed by atoms with Crippen LogP contribution in [0.4, 0.5) is 64.9 Å². The Kier molecular flexibility index (Phi) is 16.2. The van der Waals surface area contributed by atoms with Crippen LogP contribution < -0.4 is 10.6 Å². The molecule has 13 nitrogen and oxygen atoms in total. The SMILES string of the molecule is C=CC(=O)OCOC(=O)CCCCCOC(=O)Nc1cc(NC(=O)OCC(F)(F)OC(F)(F)C(F)(F)OC(F)(F)OC(F)(F)CC)ccc1C. The molecule has 0 spiro atoms. The van der Waals surface area contributed by atoms with E-state index in [2.05, 4.69) is 40.3 Å². The number of carbonyl (C=O) groups is 4. The van der Waals surface area contributed by atoms with Crippen LogP contribution in [0.5, 0.6) is 0 Å². The molecular weight excluding hydrogens is 718 g/mol. The highest BCUT2D eigenvalue weighted by atomic mass is 19.3. The molecule has 0 unspecified atom stereocenters. The fraction of sp³-hybridized carbons (Fsp3) is 0.556. The molecule has 0 bridgehead atoms. The van der Waals surface area contributed by atoms with Crippen molar-refractivity contribution in [1.29, 1.82) is 0 Å². The zero-order valence-electron chi connectivity index (χ0n) is 25.9. The molecule has 0 radical (unpaired) electrons. The topological polar surface area (TPSA) is 157 Å². The number of hydrogen-bond donors (Lipinski definition) is 2. The Labute approximate surface area is 276 Å². The Balaban J connectivity index is 2.58. The van der Waals surface area contributed by atoms with Crippen LogP contribution in [-0.2, 0) is 42.7 Å². The summed E-state index contributed by atoms with van der Waals surface area (Å²) in [5.41, 5.74) is 0.154. The number of anilines is 2. The highest BCUT2D eigenvalue weighted by Gasteiger charge is 2.68. The molecule has 0 heterocycles. The van der Waals surface area contributed by atoms with Gasteiger partial charge in [-0.15, -0.1) is 8.78 Å². The Hall–Kier alpha value is -4.38. The van der Waals surface area contributed by atoms with E-state index >= 15 is 0 Å². The van der Waals surface area contributed by atoms with Gasteiger partial charge in [-0.2, -0.15) is 35.1 Å². The van der Waals surface area contributed by atoms with Crippen LogP contribution in [0.15, 0.2) is 30.9 Å². The maximum Gasteiger partial charge on any atom is 0.495 e. The number of rotatable bonds is 21. The van der Waals surface area contributed by atoms with Gasteiger partial charge in [0, 0.05) is 30.3 Å². The Morgan fingerprint density at radius 3 is 2.00 bits per heavy atom. The van der Waals surface area contributed by atoms with E-state index in [1.807, 2.05) is 5.32 Å². The Morgan fingerprint density at radius 2 is 1.38 bits per heavy atom. The number of aryl methyl sites for hydroxylation is 1. The van der Waals surface area contributed by atoms with Gasteiger partial charge in [0.05, 0.1) is 6.61 Å². The lowest BCUT2D eigenvalue weighted by molar-refractivity contribution is -0.565. The van der Waals surface area contributed by atoms with Crippen LogP contribution in [0.3, 0.4) is 0 Å². The number of alkyl halides is 10. The maximum atomic E-state index is 13.8. The van der Waals surface area contributed by atoms with E-state index in [4.69, 9.17) is 4.74 Å². The zero-order valence-corrected chi connectivity index (χ0v) is 25.9. The molecule has 284 valence electrons. The molecule has 2 N–H and O–H groups in total. The van der Waals surface area contributed by atoms with Crippen LogP contribution in [0.2, 0.25) is 0 Å². The van der Waals surface area contributed by atoms with Gasteiger partial charge in [0.1, 0.15) is 0 Å². The van der Waals surface area contributed by atoms with Crippen LogP contribution in [0.1, 0.15) is 44.6 Å². The largest absolute Gasteiger partial charge is 0.495 e.